The molecule has 7 nitrogen and oxygen atoms in total. The zero-order chi connectivity index (χ0) is 23.8. The highest BCUT2D eigenvalue weighted by Crippen LogP contribution is 2.48. The van der Waals surface area contributed by atoms with Gasteiger partial charge in [-0.3, -0.25) is 4.79 Å². The fraction of sp³-hybridized carbons (Fsp3) is 0.708. The Balaban J connectivity index is 1.65. The van der Waals surface area contributed by atoms with Crippen molar-refractivity contribution in [2.45, 2.75) is 75.2 Å². The first-order valence-electron chi connectivity index (χ1n) is 12.0. The molecule has 1 aromatic rings. The van der Waals surface area contributed by atoms with Crippen LogP contribution in [-0.2, 0) is 14.8 Å². The second-order valence-corrected chi connectivity index (χ2v) is 12.6. The van der Waals surface area contributed by atoms with Crippen LogP contribution in [0.15, 0.2) is 24.3 Å². The van der Waals surface area contributed by atoms with Crippen molar-refractivity contribution in [3.05, 3.63) is 34.9 Å². The standard InChI is InChI=1S/C24H35ClN2O5S/c1-2-24(12-20(29)15-28)11-18(17-4-3-5-19(25)10-17)14-27(23(24)30)22(16-6-7-16)13-26-33(31,32)21-8-9-21/h3-5,10,16,18,20-22,26,28-29H,2,6-9,11-15H2,1H3/t18-,20+,22-,24+/m1/s1. The quantitative estimate of drug-likeness (QED) is 0.435. The van der Waals surface area contributed by atoms with Gasteiger partial charge in [0.2, 0.25) is 15.9 Å². The Morgan fingerprint density at radius 1 is 1.27 bits per heavy atom. The van der Waals surface area contributed by atoms with Crippen LogP contribution < -0.4 is 4.72 Å². The smallest absolute Gasteiger partial charge is 0.229 e. The molecule has 3 fully saturated rings. The number of rotatable bonds is 11. The molecule has 2 saturated carbocycles. The van der Waals surface area contributed by atoms with Crippen LogP contribution in [0.25, 0.3) is 0 Å². The van der Waals surface area contributed by atoms with E-state index in [1.54, 1.807) is 0 Å². The molecule has 4 rings (SSSR count). The molecule has 1 saturated heterocycles. The maximum atomic E-state index is 13.9. The first kappa shape index (κ1) is 24.9. The highest BCUT2D eigenvalue weighted by Gasteiger charge is 2.51. The molecule has 0 unspecified atom stereocenters. The van der Waals surface area contributed by atoms with E-state index in [-0.39, 0.29) is 42.0 Å². The Labute approximate surface area is 201 Å². The van der Waals surface area contributed by atoms with Crippen LogP contribution >= 0.6 is 11.6 Å². The van der Waals surface area contributed by atoms with Gasteiger partial charge in [0.25, 0.3) is 0 Å². The number of carbonyl (C=O) groups excluding carboxylic acids is 1. The van der Waals surface area contributed by atoms with Crippen molar-refractivity contribution in [2.24, 2.45) is 11.3 Å². The Hall–Kier alpha value is -1.19. The van der Waals surface area contributed by atoms with Crippen LogP contribution in [-0.4, -0.2) is 66.5 Å². The van der Waals surface area contributed by atoms with Crippen LogP contribution in [0, 0.1) is 11.3 Å². The number of hydrogen-bond acceptors (Lipinski definition) is 5. The summed E-state index contributed by atoms with van der Waals surface area (Å²) in [6.07, 6.45) is 3.61. The summed E-state index contributed by atoms with van der Waals surface area (Å²) in [6, 6.07) is 7.43. The average molecular weight is 499 g/mol. The van der Waals surface area contributed by atoms with E-state index >= 15 is 0 Å². The number of nitrogens with zero attached hydrogens (tertiary/aromatic N) is 1. The minimum Gasteiger partial charge on any atom is -0.394 e. The molecule has 3 N–H and O–H groups in total. The first-order chi connectivity index (χ1) is 15.7. The summed E-state index contributed by atoms with van der Waals surface area (Å²) in [7, 11) is -3.35. The summed E-state index contributed by atoms with van der Waals surface area (Å²) >= 11 is 6.27. The van der Waals surface area contributed by atoms with Crippen LogP contribution in [0.1, 0.15) is 63.4 Å². The molecular formula is C24H35ClN2O5S. The molecule has 184 valence electrons. The molecule has 0 radical (unpaired) electrons. The second-order valence-electron chi connectivity index (χ2n) is 10.1. The number of piperidine rings is 1. The van der Waals surface area contributed by atoms with Crippen molar-refractivity contribution < 1.29 is 23.4 Å². The number of halogens is 1. The van der Waals surface area contributed by atoms with E-state index in [2.05, 4.69) is 4.72 Å². The molecule has 2 aliphatic carbocycles. The maximum Gasteiger partial charge on any atom is 0.229 e. The fourth-order valence-corrected chi connectivity index (χ4v) is 6.95. The van der Waals surface area contributed by atoms with Gasteiger partial charge in [-0.25, -0.2) is 13.1 Å². The number of carbonyl (C=O) groups is 1. The normalized spacial score (nSPS) is 28.1. The number of amides is 1. The lowest BCUT2D eigenvalue weighted by atomic mass is 9.67. The van der Waals surface area contributed by atoms with E-state index in [9.17, 15) is 23.4 Å². The zero-order valence-electron chi connectivity index (χ0n) is 19.1. The number of aliphatic hydroxyl groups excluding tert-OH is 2. The molecule has 0 bridgehead atoms. The number of aliphatic hydroxyl groups is 2. The lowest BCUT2D eigenvalue weighted by molar-refractivity contribution is -0.154. The van der Waals surface area contributed by atoms with Crippen LogP contribution in [0.5, 0.6) is 0 Å². The molecule has 3 aliphatic rings. The second kappa shape index (κ2) is 9.82. The topological polar surface area (TPSA) is 107 Å². The monoisotopic (exact) mass is 498 g/mol. The average Bonchev–Trinajstić information content (AvgIpc) is 3.68. The van der Waals surface area contributed by atoms with Gasteiger partial charge in [0.05, 0.1) is 23.4 Å². The third-order valence-corrected chi connectivity index (χ3v) is 9.78. The molecule has 0 spiro atoms. The Morgan fingerprint density at radius 3 is 2.58 bits per heavy atom. The van der Waals surface area contributed by atoms with Gasteiger partial charge in [-0.2, -0.15) is 0 Å². The summed E-state index contributed by atoms with van der Waals surface area (Å²) < 4.78 is 27.8. The van der Waals surface area contributed by atoms with E-state index in [1.165, 1.54) is 0 Å². The van der Waals surface area contributed by atoms with Crippen molar-refractivity contribution >= 4 is 27.5 Å². The van der Waals surface area contributed by atoms with Gasteiger partial charge in [-0.15, -0.1) is 0 Å². The lowest BCUT2D eigenvalue weighted by Gasteiger charge is -2.49. The van der Waals surface area contributed by atoms with E-state index in [4.69, 9.17) is 11.6 Å². The van der Waals surface area contributed by atoms with Crippen LogP contribution in [0.4, 0.5) is 0 Å². The molecule has 1 heterocycles. The van der Waals surface area contributed by atoms with Gasteiger partial charge in [0.1, 0.15) is 0 Å². The van der Waals surface area contributed by atoms with Gasteiger partial charge in [0, 0.05) is 30.1 Å². The van der Waals surface area contributed by atoms with Gasteiger partial charge in [0.15, 0.2) is 0 Å². The summed E-state index contributed by atoms with van der Waals surface area (Å²) in [5, 5.41) is 20.2. The summed E-state index contributed by atoms with van der Waals surface area (Å²) in [5.41, 5.74) is 0.208. The molecule has 4 atom stereocenters. The lowest BCUT2D eigenvalue weighted by Crippen LogP contribution is -2.58. The number of benzene rings is 1. The van der Waals surface area contributed by atoms with E-state index < -0.39 is 28.1 Å². The fourth-order valence-electron chi connectivity index (χ4n) is 5.35. The van der Waals surface area contributed by atoms with E-state index in [1.807, 2.05) is 36.1 Å². The van der Waals surface area contributed by atoms with Crippen LogP contribution in [0.3, 0.4) is 0 Å². The molecule has 1 aliphatic heterocycles. The number of likely N-dealkylation sites (tertiary alicyclic amines) is 1. The summed E-state index contributed by atoms with van der Waals surface area (Å²) in [5.74, 6) is 0.234. The minimum absolute atomic E-state index is 0.00790. The van der Waals surface area contributed by atoms with Gasteiger partial charge in [-0.05, 0) is 68.6 Å². The van der Waals surface area contributed by atoms with E-state index in [0.717, 1.165) is 18.4 Å². The Kier molecular flexibility index (Phi) is 7.41. The number of sulfonamides is 1. The molecule has 9 heteroatoms. The minimum atomic E-state index is -3.35. The molecule has 0 aromatic heterocycles. The molecule has 1 aromatic carbocycles. The highest BCUT2D eigenvalue weighted by atomic mass is 35.5. The Morgan fingerprint density at radius 2 is 2.00 bits per heavy atom. The van der Waals surface area contributed by atoms with Gasteiger partial charge >= 0.3 is 0 Å². The van der Waals surface area contributed by atoms with Gasteiger partial charge < -0.3 is 15.1 Å². The maximum absolute atomic E-state index is 13.9. The van der Waals surface area contributed by atoms with Gasteiger partial charge in [-0.1, -0.05) is 30.7 Å². The highest BCUT2D eigenvalue weighted by molar-refractivity contribution is 7.90. The van der Waals surface area contributed by atoms with E-state index in [0.29, 0.717) is 37.3 Å². The summed E-state index contributed by atoms with van der Waals surface area (Å²) in [6.45, 7) is 2.26. The summed E-state index contributed by atoms with van der Waals surface area (Å²) in [4.78, 5) is 15.8. The number of hydrogen-bond donors (Lipinski definition) is 3. The molecule has 1 amide bonds. The molecule has 33 heavy (non-hydrogen) atoms. The third kappa shape index (κ3) is 5.56. The SMILES string of the molecule is CC[C@@]1(C[C@H](O)CO)C[C@@H](c2cccc(Cl)c2)CN([C@H](CNS(=O)(=O)C2CC2)C2CC2)C1=O. The van der Waals surface area contributed by atoms with Crippen molar-refractivity contribution in [1.29, 1.82) is 0 Å². The van der Waals surface area contributed by atoms with Crippen molar-refractivity contribution in [2.75, 3.05) is 19.7 Å². The predicted octanol–water partition coefficient (Wildman–Crippen LogP) is 2.66. The van der Waals surface area contributed by atoms with Crippen molar-refractivity contribution in [1.82, 2.24) is 9.62 Å². The third-order valence-electron chi connectivity index (χ3n) is 7.63. The van der Waals surface area contributed by atoms with Crippen LogP contribution in [0.2, 0.25) is 5.02 Å². The molecular weight excluding hydrogens is 464 g/mol. The number of nitrogens with one attached hydrogen (secondary N) is 1. The van der Waals surface area contributed by atoms with Crippen molar-refractivity contribution in [3.8, 4) is 0 Å². The predicted molar refractivity (Wildman–Crippen MR) is 127 cm³/mol. The Bertz CT molecular complexity index is 965. The zero-order valence-corrected chi connectivity index (χ0v) is 20.7. The largest absolute Gasteiger partial charge is 0.394 e. The first-order valence-corrected chi connectivity index (χ1v) is 14.0. The van der Waals surface area contributed by atoms with Crippen molar-refractivity contribution in [3.63, 3.8) is 0 Å².